The summed E-state index contributed by atoms with van der Waals surface area (Å²) >= 11 is 0. The number of nitrogens with two attached hydrogens (primary N) is 1. The van der Waals surface area contributed by atoms with E-state index in [1.807, 2.05) is 18.0 Å². The highest BCUT2D eigenvalue weighted by molar-refractivity contribution is 5.85. The van der Waals surface area contributed by atoms with Crippen molar-refractivity contribution < 1.29 is 14.3 Å². The van der Waals surface area contributed by atoms with E-state index in [1.54, 1.807) is 7.11 Å². The molecule has 2 N–H and O–H groups in total. The van der Waals surface area contributed by atoms with Crippen LogP contribution in [-0.4, -0.2) is 50.3 Å². The van der Waals surface area contributed by atoms with Crippen LogP contribution in [0.5, 0.6) is 5.75 Å². The predicted molar refractivity (Wildman–Crippen MR) is 107 cm³/mol. The molecule has 0 saturated heterocycles. The number of amides is 1. The number of carbonyl (C=O) groups is 1. The highest BCUT2D eigenvalue weighted by atomic mass is 35.5. The van der Waals surface area contributed by atoms with Gasteiger partial charge in [-0.05, 0) is 51.2 Å². The predicted octanol–water partition coefficient (Wildman–Crippen LogP) is 3.09. The molecule has 1 saturated carbocycles. The summed E-state index contributed by atoms with van der Waals surface area (Å²) < 4.78 is 11.3. The molecule has 1 aliphatic rings. The zero-order valence-electron chi connectivity index (χ0n) is 16.4. The maximum absolute atomic E-state index is 12.6. The van der Waals surface area contributed by atoms with E-state index in [-0.39, 0.29) is 36.4 Å². The summed E-state index contributed by atoms with van der Waals surface area (Å²) in [6.45, 7) is 5.43. The molecule has 1 fully saturated rings. The Hall–Kier alpha value is -1.30. The number of methoxy groups -OCH3 is 1. The van der Waals surface area contributed by atoms with Crippen LogP contribution in [0.25, 0.3) is 0 Å². The van der Waals surface area contributed by atoms with Crippen molar-refractivity contribution in [3.63, 3.8) is 0 Å². The first-order valence-corrected chi connectivity index (χ1v) is 9.15. The average molecular weight is 385 g/mol. The lowest BCUT2D eigenvalue weighted by molar-refractivity contribution is -0.137. The number of halogens is 1. The maximum Gasteiger partial charge on any atom is 0.225 e. The first-order valence-electron chi connectivity index (χ1n) is 9.15. The largest absolute Gasteiger partial charge is 0.493 e. The second kappa shape index (κ2) is 10.8. The minimum Gasteiger partial charge on any atom is -0.493 e. The average Bonchev–Trinajstić information content (AvgIpc) is 2.59. The first kappa shape index (κ1) is 22.7. The third-order valence-electron chi connectivity index (χ3n) is 5.10. The van der Waals surface area contributed by atoms with Crippen molar-refractivity contribution in [2.75, 3.05) is 27.3 Å². The summed E-state index contributed by atoms with van der Waals surface area (Å²) in [4.78, 5) is 14.4. The van der Waals surface area contributed by atoms with Gasteiger partial charge in [0, 0.05) is 32.7 Å². The summed E-state index contributed by atoms with van der Waals surface area (Å²) in [5, 5.41) is 0. The topological polar surface area (TPSA) is 64.8 Å². The quantitative estimate of drug-likeness (QED) is 0.733. The van der Waals surface area contributed by atoms with Gasteiger partial charge in [-0.15, -0.1) is 12.4 Å². The van der Waals surface area contributed by atoms with E-state index in [9.17, 15) is 4.79 Å². The van der Waals surface area contributed by atoms with Gasteiger partial charge in [0.05, 0.1) is 12.7 Å². The molecule has 1 aromatic rings. The fourth-order valence-electron chi connectivity index (χ4n) is 3.51. The van der Waals surface area contributed by atoms with Gasteiger partial charge < -0.3 is 20.1 Å². The molecule has 1 aromatic carbocycles. The lowest BCUT2D eigenvalue weighted by Crippen LogP contribution is -2.45. The van der Waals surface area contributed by atoms with E-state index in [0.29, 0.717) is 13.2 Å². The Morgan fingerprint density at radius 1 is 1.31 bits per heavy atom. The lowest BCUT2D eigenvalue weighted by Gasteiger charge is -2.34. The van der Waals surface area contributed by atoms with Crippen molar-refractivity contribution in [3.8, 4) is 5.75 Å². The molecule has 2 rings (SSSR count). The van der Waals surface area contributed by atoms with Crippen LogP contribution in [0.15, 0.2) is 18.2 Å². The third-order valence-corrected chi connectivity index (χ3v) is 5.10. The zero-order chi connectivity index (χ0) is 18.4. The number of nitrogens with zero attached hydrogens (tertiary/aromatic N) is 1. The minimum absolute atomic E-state index is 0. The van der Waals surface area contributed by atoms with Gasteiger partial charge in [0.1, 0.15) is 5.75 Å². The number of benzene rings is 1. The molecule has 0 bridgehead atoms. The molecule has 0 radical (unpaired) electrons. The number of aryl methyl sites for hydroxylation is 2. The summed E-state index contributed by atoms with van der Waals surface area (Å²) in [5.41, 5.74) is 8.42. The van der Waals surface area contributed by atoms with E-state index in [1.165, 1.54) is 5.56 Å². The highest BCUT2D eigenvalue weighted by Crippen LogP contribution is 2.27. The van der Waals surface area contributed by atoms with Gasteiger partial charge in [0.2, 0.25) is 5.91 Å². The molecular weight excluding hydrogens is 352 g/mol. The fraction of sp³-hybridized carbons (Fsp3) is 0.650. The molecular formula is C20H33ClN2O3. The molecule has 0 heterocycles. The standard InChI is InChI=1S/C20H32N2O3.ClH/c1-14-6-9-18(15(2)12-14)25-11-5-10-22(3)20(23)16-7-8-17(21)19(13-16)24-4;/h6,9,12,16-17,19H,5,7-8,10-11,13,21H2,1-4H3;1H/t16-,17-,19-;/m0./s1. The van der Waals surface area contributed by atoms with Gasteiger partial charge >= 0.3 is 0 Å². The lowest BCUT2D eigenvalue weighted by atomic mass is 9.83. The summed E-state index contributed by atoms with van der Waals surface area (Å²) in [6.07, 6.45) is 3.22. The first-order chi connectivity index (χ1) is 11.9. The molecule has 0 spiro atoms. The van der Waals surface area contributed by atoms with Crippen LogP contribution in [0, 0.1) is 19.8 Å². The smallest absolute Gasteiger partial charge is 0.225 e. The molecule has 26 heavy (non-hydrogen) atoms. The second-order valence-corrected chi connectivity index (χ2v) is 7.18. The van der Waals surface area contributed by atoms with Crippen LogP contribution < -0.4 is 10.5 Å². The number of hydrogen-bond donors (Lipinski definition) is 1. The highest BCUT2D eigenvalue weighted by Gasteiger charge is 2.33. The number of carbonyl (C=O) groups excluding carboxylic acids is 1. The zero-order valence-corrected chi connectivity index (χ0v) is 17.2. The van der Waals surface area contributed by atoms with Crippen LogP contribution in [0.4, 0.5) is 0 Å². The van der Waals surface area contributed by atoms with Gasteiger partial charge in [-0.1, -0.05) is 17.7 Å². The Bertz CT molecular complexity index is 582. The van der Waals surface area contributed by atoms with Crippen LogP contribution >= 0.6 is 12.4 Å². The van der Waals surface area contributed by atoms with Crippen molar-refractivity contribution >= 4 is 18.3 Å². The summed E-state index contributed by atoms with van der Waals surface area (Å²) in [6, 6.07) is 6.23. The Kier molecular flexibility index (Phi) is 9.41. The fourth-order valence-corrected chi connectivity index (χ4v) is 3.51. The Balaban J connectivity index is 0.00000338. The van der Waals surface area contributed by atoms with Crippen molar-refractivity contribution in [2.24, 2.45) is 11.7 Å². The van der Waals surface area contributed by atoms with Gasteiger partial charge in [0.15, 0.2) is 0 Å². The molecule has 148 valence electrons. The van der Waals surface area contributed by atoms with Crippen molar-refractivity contribution in [1.29, 1.82) is 0 Å². The minimum atomic E-state index is -0.0102. The van der Waals surface area contributed by atoms with Gasteiger partial charge in [-0.2, -0.15) is 0 Å². The third kappa shape index (κ3) is 6.15. The van der Waals surface area contributed by atoms with Crippen molar-refractivity contribution in [1.82, 2.24) is 4.90 Å². The van der Waals surface area contributed by atoms with Crippen molar-refractivity contribution in [3.05, 3.63) is 29.3 Å². The normalized spacial score (nSPS) is 22.4. The molecule has 0 aromatic heterocycles. The number of rotatable bonds is 7. The Morgan fingerprint density at radius 2 is 2.04 bits per heavy atom. The number of hydrogen-bond acceptors (Lipinski definition) is 4. The number of ether oxygens (including phenoxy) is 2. The van der Waals surface area contributed by atoms with Crippen molar-refractivity contribution in [2.45, 2.75) is 51.7 Å². The molecule has 1 aliphatic carbocycles. The summed E-state index contributed by atoms with van der Waals surface area (Å²) in [7, 11) is 3.54. The van der Waals surface area contributed by atoms with E-state index in [2.05, 4.69) is 26.0 Å². The molecule has 0 aliphatic heterocycles. The Morgan fingerprint density at radius 3 is 2.69 bits per heavy atom. The molecule has 6 heteroatoms. The SMILES string of the molecule is CO[C@H]1C[C@@H](C(=O)N(C)CCCOc2ccc(C)cc2C)CC[C@@H]1N.Cl. The van der Waals surface area contributed by atoms with Gasteiger partial charge in [-0.3, -0.25) is 4.79 Å². The van der Waals surface area contributed by atoms with Crippen LogP contribution in [-0.2, 0) is 9.53 Å². The van der Waals surface area contributed by atoms with Crippen LogP contribution in [0.2, 0.25) is 0 Å². The van der Waals surface area contributed by atoms with Crippen LogP contribution in [0.3, 0.4) is 0 Å². The van der Waals surface area contributed by atoms with Crippen LogP contribution in [0.1, 0.15) is 36.8 Å². The summed E-state index contributed by atoms with van der Waals surface area (Å²) in [5.74, 6) is 1.14. The van der Waals surface area contributed by atoms with E-state index < -0.39 is 0 Å². The monoisotopic (exact) mass is 384 g/mol. The second-order valence-electron chi connectivity index (χ2n) is 7.18. The van der Waals surface area contributed by atoms with E-state index in [4.69, 9.17) is 15.2 Å². The molecule has 1 amide bonds. The van der Waals surface area contributed by atoms with Gasteiger partial charge in [-0.25, -0.2) is 0 Å². The molecule has 0 unspecified atom stereocenters. The molecule has 3 atom stereocenters. The van der Waals surface area contributed by atoms with E-state index in [0.717, 1.165) is 37.0 Å². The maximum atomic E-state index is 12.6. The van der Waals surface area contributed by atoms with Gasteiger partial charge in [0.25, 0.3) is 0 Å². The molecule has 5 nitrogen and oxygen atoms in total. The van der Waals surface area contributed by atoms with E-state index >= 15 is 0 Å². The Labute approximate surface area is 163 Å².